The molecule has 33 heavy (non-hydrogen) atoms. The lowest BCUT2D eigenvalue weighted by molar-refractivity contribution is 0.251. The number of fused-ring (bicyclic) bond motifs is 1. The summed E-state index contributed by atoms with van der Waals surface area (Å²) in [5.41, 5.74) is 6.25. The van der Waals surface area contributed by atoms with Crippen molar-refractivity contribution in [2.24, 2.45) is 4.99 Å². The molecule has 0 atom stereocenters. The Balaban J connectivity index is 1.37. The molecule has 0 aromatic heterocycles. The summed E-state index contributed by atoms with van der Waals surface area (Å²) in [5, 5.41) is 5.75. The first-order chi connectivity index (χ1) is 16.1. The lowest BCUT2D eigenvalue weighted by Crippen LogP contribution is -2.28. The first kappa shape index (κ1) is 22.9. The van der Waals surface area contributed by atoms with Crippen LogP contribution in [0.4, 0.5) is 10.5 Å². The number of anilines is 1. The molecular formula is C26H26BrN3O3. The summed E-state index contributed by atoms with van der Waals surface area (Å²) in [5.74, 6) is 1.45. The van der Waals surface area contributed by atoms with Crippen molar-refractivity contribution < 1.29 is 14.3 Å². The van der Waals surface area contributed by atoms with E-state index in [1.54, 1.807) is 14.2 Å². The Kier molecular flexibility index (Phi) is 7.29. The van der Waals surface area contributed by atoms with E-state index in [0.717, 1.165) is 51.3 Å². The highest BCUT2D eigenvalue weighted by Crippen LogP contribution is 2.33. The summed E-state index contributed by atoms with van der Waals surface area (Å²) in [6, 6.07) is 19.5. The number of carbonyl (C=O) groups excluding carboxylic acids is 1. The molecule has 0 spiro atoms. The fourth-order valence-corrected chi connectivity index (χ4v) is 4.07. The number of amides is 2. The van der Waals surface area contributed by atoms with Crippen LogP contribution >= 0.6 is 15.9 Å². The van der Waals surface area contributed by atoms with Gasteiger partial charge in [-0.2, -0.15) is 0 Å². The molecule has 170 valence electrons. The average molecular weight is 508 g/mol. The van der Waals surface area contributed by atoms with Crippen molar-refractivity contribution in [2.75, 3.05) is 26.1 Å². The number of carbonyl (C=O) groups is 1. The van der Waals surface area contributed by atoms with Crippen molar-refractivity contribution in [3.05, 3.63) is 87.4 Å². The van der Waals surface area contributed by atoms with E-state index < -0.39 is 0 Å². The molecule has 0 saturated heterocycles. The third-order valence-corrected chi connectivity index (χ3v) is 6.08. The summed E-state index contributed by atoms with van der Waals surface area (Å²) in [7, 11) is 3.30. The smallest absolute Gasteiger partial charge is 0.319 e. The van der Waals surface area contributed by atoms with Crippen LogP contribution in [0.3, 0.4) is 0 Å². The second kappa shape index (κ2) is 10.5. The van der Waals surface area contributed by atoms with Crippen molar-refractivity contribution >= 4 is 33.4 Å². The van der Waals surface area contributed by atoms with Crippen molar-refractivity contribution in [2.45, 2.75) is 19.4 Å². The number of hydrogen-bond donors (Lipinski definition) is 2. The molecule has 3 aromatic rings. The van der Waals surface area contributed by atoms with E-state index in [9.17, 15) is 4.79 Å². The number of ether oxygens (including phenoxy) is 2. The van der Waals surface area contributed by atoms with E-state index in [1.165, 1.54) is 5.56 Å². The molecule has 0 unspecified atom stereocenters. The largest absolute Gasteiger partial charge is 0.493 e. The van der Waals surface area contributed by atoms with Gasteiger partial charge < -0.3 is 20.1 Å². The van der Waals surface area contributed by atoms with Gasteiger partial charge in [0.2, 0.25) is 0 Å². The van der Waals surface area contributed by atoms with Crippen LogP contribution < -0.4 is 20.1 Å². The maximum atomic E-state index is 12.2. The molecule has 0 fully saturated rings. The van der Waals surface area contributed by atoms with E-state index >= 15 is 0 Å². The Morgan fingerprint density at radius 1 is 0.970 bits per heavy atom. The van der Waals surface area contributed by atoms with E-state index in [1.807, 2.05) is 60.7 Å². The summed E-state index contributed by atoms with van der Waals surface area (Å²) in [4.78, 5) is 17.0. The van der Waals surface area contributed by atoms with Gasteiger partial charge >= 0.3 is 6.03 Å². The van der Waals surface area contributed by atoms with E-state index in [0.29, 0.717) is 18.7 Å². The van der Waals surface area contributed by atoms with Crippen LogP contribution in [0.15, 0.2) is 70.1 Å². The summed E-state index contributed by atoms with van der Waals surface area (Å²) in [6.07, 6.45) is 1.59. The predicted octanol–water partition coefficient (Wildman–Crippen LogP) is 5.38. The van der Waals surface area contributed by atoms with Crippen LogP contribution in [0.1, 0.15) is 22.3 Å². The lowest BCUT2D eigenvalue weighted by Gasteiger charge is -2.20. The zero-order valence-corrected chi connectivity index (χ0v) is 20.2. The summed E-state index contributed by atoms with van der Waals surface area (Å²) in [6.45, 7) is 1.22. The fourth-order valence-electron chi connectivity index (χ4n) is 3.80. The van der Waals surface area contributed by atoms with Crippen LogP contribution in [0.2, 0.25) is 0 Å². The zero-order valence-electron chi connectivity index (χ0n) is 18.7. The topological polar surface area (TPSA) is 72.0 Å². The van der Waals surface area contributed by atoms with Gasteiger partial charge in [0.1, 0.15) is 0 Å². The highest BCUT2D eigenvalue weighted by Gasteiger charge is 2.18. The van der Waals surface area contributed by atoms with Crippen molar-refractivity contribution in [3.8, 4) is 11.5 Å². The van der Waals surface area contributed by atoms with Gasteiger partial charge in [-0.05, 0) is 59.5 Å². The van der Waals surface area contributed by atoms with E-state index in [2.05, 4.69) is 26.6 Å². The normalized spacial score (nSPS) is 12.4. The van der Waals surface area contributed by atoms with Crippen molar-refractivity contribution in [1.29, 1.82) is 0 Å². The number of urea groups is 1. The number of methoxy groups -OCH3 is 2. The van der Waals surface area contributed by atoms with Gasteiger partial charge in [0, 0.05) is 40.9 Å². The van der Waals surface area contributed by atoms with Crippen LogP contribution in [0.25, 0.3) is 0 Å². The van der Waals surface area contributed by atoms with Crippen LogP contribution in [-0.2, 0) is 19.4 Å². The first-order valence-corrected chi connectivity index (χ1v) is 11.5. The van der Waals surface area contributed by atoms with Crippen molar-refractivity contribution in [3.63, 3.8) is 0 Å². The van der Waals surface area contributed by atoms with Crippen molar-refractivity contribution in [1.82, 2.24) is 5.32 Å². The Morgan fingerprint density at radius 3 is 2.33 bits per heavy atom. The molecule has 1 aliphatic heterocycles. The third kappa shape index (κ3) is 5.73. The fraction of sp³-hybridized carbons (Fsp3) is 0.231. The van der Waals surface area contributed by atoms with Crippen LogP contribution in [-0.4, -0.2) is 32.5 Å². The molecule has 3 aromatic carbocycles. The second-order valence-corrected chi connectivity index (χ2v) is 8.67. The Hall–Kier alpha value is -3.32. The highest BCUT2D eigenvalue weighted by molar-refractivity contribution is 9.10. The second-order valence-electron chi connectivity index (χ2n) is 7.75. The molecule has 7 heteroatoms. The molecule has 1 heterocycles. The van der Waals surface area contributed by atoms with Gasteiger partial charge in [0.15, 0.2) is 11.5 Å². The van der Waals surface area contributed by atoms with E-state index in [-0.39, 0.29) is 6.03 Å². The molecule has 0 bridgehead atoms. The molecule has 1 aliphatic rings. The summed E-state index contributed by atoms with van der Waals surface area (Å²) < 4.78 is 11.9. The lowest BCUT2D eigenvalue weighted by atomic mass is 9.93. The minimum absolute atomic E-state index is 0.239. The number of hydrogen-bond acceptors (Lipinski definition) is 4. The van der Waals surface area contributed by atoms with Crippen LogP contribution in [0, 0.1) is 0 Å². The molecular weight excluding hydrogens is 482 g/mol. The maximum absolute atomic E-state index is 12.2. The molecule has 4 rings (SSSR count). The number of halogens is 1. The quantitative estimate of drug-likeness (QED) is 0.451. The van der Waals surface area contributed by atoms with Gasteiger partial charge in [-0.15, -0.1) is 0 Å². The molecule has 2 N–H and O–H groups in total. The van der Waals surface area contributed by atoms with E-state index in [4.69, 9.17) is 14.5 Å². The molecule has 0 saturated carbocycles. The number of aliphatic imine (C=N–C) groups is 1. The predicted molar refractivity (Wildman–Crippen MR) is 135 cm³/mol. The standard InChI is InChI=1S/C26H26BrN3O3/c1-32-24-14-19-11-12-28-23(22(19)15-25(24)33-2)13-17-5-9-21(10-6-17)30-26(31)29-16-18-3-7-20(27)8-4-18/h3-10,14-15H,11-13,16H2,1-2H3,(H2,29,30,31). The Bertz CT molecular complexity index is 1160. The minimum atomic E-state index is -0.239. The number of nitrogens with one attached hydrogen (secondary N) is 2. The Labute approximate surface area is 202 Å². The molecule has 6 nitrogen and oxygen atoms in total. The molecule has 2 amide bonds. The van der Waals surface area contributed by atoms with Gasteiger partial charge in [-0.3, -0.25) is 4.99 Å². The van der Waals surface area contributed by atoms with Crippen LogP contribution in [0.5, 0.6) is 11.5 Å². The third-order valence-electron chi connectivity index (χ3n) is 5.55. The minimum Gasteiger partial charge on any atom is -0.493 e. The number of nitrogens with zero attached hydrogens (tertiary/aromatic N) is 1. The Morgan fingerprint density at radius 2 is 1.64 bits per heavy atom. The first-order valence-electron chi connectivity index (χ1n) is 10.7. The zero-order chi connectivity index (χ0) is 23.2. The maximum Gasteiger partial charge on any atom is 0.319 e. The monoisotopic (exact) mass is 507 g/mol. The van der Waals surface area contributed by atoms with Gasteiger partial charge in [-0.1, -0.05) is 40.2 Å². The highest BCUT2D eigenvalue weighted by atomic mass is 79.9. The number of benzene rings is 3. The summed E-state index contributed by atoms with van der Waals surface area (Å²) >= 11 is 3.41. The van der Waals surface area contributed by atoms with Gasteiger partial charge in [0.25, 0.3) is 0 Å². The number of rotatable bonds is 7. The van der Waals surface area contributed by atoms with Gasteiger partial charge in [-0.25, -0.2) is 4.79 Å². The SMILES string of the molecule is COc1cc2c(cc1OC)C(Cc1ccc(NC(=O)NCc3ccc(Br)cc3)cc1)=NCC2. The molecule has 0 aliphatic carbocycles. The molecule has 0 radical (unpaired) electrons. The van der Waals surface area contributed by atoms with Gasteiger partial charge in [0.05, 0.1) is 14.2 Å². The average Bonchev–Trinajstić information content (AvgIpc) is 2.84.